The van der Waals surface area contributed by atoms with Gasteiger partial charge in [0.15, 0.2) is 0 Å². The number of anilines is 3. The van der Waals surface area contributed by atoms with E-state index in [-0.39, 0.29) is 23.9 Å². The number of fused-ring (bicyclic) bond motifs is 1. The molecule has 0 saturated carbocycles. The standard InChI is InChI=1S/C40H39ClN8O6/c1-26(12-15-35(51)46-25-50)49-38(53)32-10-7-11-33(36(32)39(49)54)43-18-4-2-3-5-19-45-37(52)28-9-6-8-27(22-28)13-14-29-23-30(16-20-42-29)47-40(55)48-31-17-21-44-34(41)24-31/h6-11,16-17,20-26,43H,2-5,12,15,18-19H2,1H3,(H,45,52)(H,46,50,51)(H2,42,44,47,48,55). The Morgan fingerprint density at radius 2 is 1.58 bits per heavy atom. The lowest BCUT2D eigenvalue weighted by Crippen LogP contribution is -2.38. The number of imide groups is 2. The molecular formula is C40H39ClN8O6. The van der Waals surface area contributed by atoms with Gasteiger partial charge in [-0.15, -0.1) is 0 Å². The highest BCUT2D eigenvalue weighted by Crippen LogP contribution is 2.31. The van der Waals surface area contributed by atoms with Gasteiger partial charge in [-0.25, -0.2) is 14.8 Å². The zero-order valence-corrected chi connectivity index (χ0v) is 30.7. The Morgan fingerprint density at radius 1 is 0.855 bits per heavy atom. The number of nitrogens with zero attached hydrogens (tertiary/aromatic N) is 3. The fourth-order valence-corrected chi connectivity index (χ4v) is 5.99. The molecule has 55 heavy (non-hydrogen) atoms. The zero-order chi connectivity index (χ0) is 39.2. The molecule has 4 aromatic rings. The van der Waals surface area contributed by atoms with Crippen LogP contribution in [0.5, 0.6) is 0 Å². The molecule has 0 bridgehead atoms. The van der Waals surface area contributed by atoms with Crippen LogP contribution < -0.4 is 26.6 Å². The number of urea groups is 1. The zero-order valence-electron chi connectivity index (χ0n) is 30.0. The topological polar surface area (TPSA) is 192 Å². The van der Waals surface area contributed by atoms with Gasteiger partial charge in [0.1, 0.15) is 10.8 Å². The molecule has 1 aliphatic heterocycles. The van der Waals surface area contributed by atoms with Gasteiger partial charge in [0.05, 0.1) is 11.1 Å². The first-order valence-electron chi connectivity index (χ1n) is 17.7. The molecule has 14 nitrogen and oxygen atoms in total. The summed E-state index contributed by atoms with van der Waals surface area (Å²) in [6, 6.07) is 17.5. The van der Waals surface area contributed by atoms with Crippen LogP contribution in [-0.2, 0) is 9.59 Å². The maximum absolute atomic E-state index is 13.3. The van der Waals surface area contributed by atoms with Gasteiger partial charge in [-0.1, -0.05) is 42.5 Å². The molecule has 0 saturated heterocycles. The number of carbonyl (C=O) groups is 6. The van der Waals surface area contributed by atoms with E-state index in [1.807, 2.05) is 0 Å². The molecule has 0 aliphatic carbocycles. The van der Waals surface area contributed by atoms with Crippen LogP contribution in [0.2, 0.25) is 5.15 Å². The number of halogens is 1. The van der Waals surface area contributed by atoms with Crippen LogP contribution in [0.4, 0.5) is 21.9 Å². The molecule has 15 heteroatoms. The Hall–Kier alpha value is -6.59. The number of pyridine rings is 2. The highest BCUT2D eigenvalue weighted by molar-refractivity contribution is 6.29. The van der Waals surface area contributed by atoms with Crippen molar-refractivity contribution < 1.29 is 28.8 Å². The van der Waals surface area contributed by atoms with Gasteiger partial charge in [0, 0.05) is 66.1 Å². The molecule has 5 rings (SSSR count). The van der Waals surface area contributed by atoms with E-state index < -0.39 is 29.8 Å². The van der Waals surface area contributed by atoms with Crippen molar-refractivity contribution in [2.75, 3.05) is 29.0 Å². The van der Waals surface area contributed by atoms with Crippen molar-refractivity contribution in [3.8, 4) is 11.8 Å². The van der Waals surface area contributed by atoms with Crippen LogP contribution in [0.1, 0.15) is 87.8 Å². The summed E-state index contributed by atoms with van der Waals surface area (Å²) in [6.07, 6.45) is 6.92. The fourth-order valence-electron chi connectivity index (χ4n) is 5.81. The van der Waals surface area contributed by atoms with Gasteiger partial charge >= 0.3 is 6.03 Å². The van der Waals surface area contributed by atoms with Crippen LogP contribution in [0.15, 0.2) is 79.1 Å². The Bertz CT molecular complexity index is 2150. The molecular weight excluding hydrogens is 724 g/mol. The van der Waals surface area contributed by atoms with E-state index in [2.05, 4.69) is 48.4 Å². The van der Waals surface area contributed by atoms with Crippen molar-refractivity contribution in [3.63, 3.8) is 0 Å². The fraction of sp³-hybridized carbons (Fsp3) is 0.250. The minimum absolute atomic E-state index is 0.00896. The summed E-state index contributed by atoms with van der Waals surface area (Å²) in [5.41, 5.74) is 3.75. The van der Waals surface area contributed by atoms with Gasteiger partial charge in [0.25, 0.3) is 17.7 Å². The number of amides is 7. The average molecular weight is 763 g/mol. The SMILES string of the molecule is CC(CCC(=O)NC=O)N1C(=O)c2cccc(NCCCCCCNC(=O)c3cccc(C#Cc4cc(NC(=O)Nc5ccnc(Cl)c5)ccn4)c3)c2C1=O. The van der Waals surface area contributed by atoms with E-state index in [0.29, 0.717) is 64.5 Å². The second-order valence-electron chi connectivity index (χ2n) is 12.6. The van der Waals surface area contributed by atoms with Crippen LogP contribution in [0, 0.1) is 11.8 Å². The van der Waals surface area contributed by atoms with E-state index in [1.165, 1.54) is 23.4 Å². The highest BCUT2D eigenvalue weighted by Gasteiger charge is 2.40. The maximum Gasteiger partial charge on any atom is 0.323 e. The van der Waals surface area contributed by atoms with Crippen molar-refractivity contribution in [2.45, 2.75) is 51.5 Å². The molecule has 1 aliphatic rings. The first-order valence-corrected chi connectivity index (χ1v) is 18.0. The first-order chi connectivity index (χ1) is 26.6. The normalized spacial score (nSPS) is 12.1. The van der Waals surface area contributed by atoms with Gasteiger partial charge < -0.3 is 21.3 Å². The van der Waals surface area contributed by atoms with Crippen LogP contribution in [-0.4, -0.2) is 70.1 Å². The average Bonchev–Trinajstić information content (AvgIpc) is 3.43. The lowest BCUT2D eigenvalue weighted by Gasteiger charge is -2.22. The molecule has 2 aromatic carbocycles. The van der Waals surface area contributed by atoms with Crippen LogP contribution in [0.3, 0.4) is 0 Å². The minimum Gasteiger partial charge on any atom is -0.384 e. The lowest BCUT2D eigenvalue weighted by atomic mass is 10.1. The van der Waals surface area contributed by atoms with Crippen molar-refractivity contribution in [3.05, 3.63) is 112 Å². The summed E-state index contributed by atoms with van der Waals surface area (Å²) in [5, 5.41) is 14.0. The Balaban J connectivity index is 1.02. The number of rotatable bonds is 16. The van der Waals surface area contributed by atoms with E-state index >= 15 is 0 Å². The molecule has 3 heterocycles. The predicted octanol–water partition coefficient (Wildman–Crippen LogP) is 5.61. The Morgan fingerprint density at radius 3 is 2.35 bits per heavy atom. The highest BCUT2D eigenvalue weighted by atomic mass is 35.5. The van der Waals surface area contributed by atoms with Gasteiger partial charge in [-0.3, -0.25) is 34.2 Å². The number of hydrogen-bond acceptors (Lipinski definition) is 9. The Labute approximate surface area is 322 Å². The lowest BCUT2D eigenvalue weighted by molar-refractivity contribution is -0.125. The third-order valence-corrected chi connectivity index (χ3v) is 8.77. The third-order valence-electron chi connectivity index (χ3n) is 8.56. The quantitative estimate of drug-likeness (QED) is 0.0317. The molecule has 1 unspecified atom stereocenters. The van der Waals surface area contributed by atoms with E-state index in [0.717, 1.165) is 25.7 Å². The number of nitrogens with one attached hydrogen (secondary N) is 5. The number of unbranched alkanes of at least 4 members (excludes halogenated alkanes) is 3. The van der Waals surface area contributed by atoms with Crippen LogP contribution >= 0.6 is 11.6 Å². The smallest absolute Gasteiger partial charge is 0.323 e. The number of aromatic nitrogens is 2. The summed E-state index contributed by atoms with van der Waals surface area (Å²) >= 11 is 5.87. The molecule has 0 radical (unpaired) electrons. The van der Waals surface area contributed by atoms with Gasteiger partial charge in [-0.05, 0) is 86.7 Å². The molecule has 7 amide bonds. The third kappa shape index (κ3) is 11.2. The van der Waals surface area contributed by atoms with Gasteiger partial charge in [0.2, 0.25) is 12.3 Å². The molecule has 0 spiro atoms. The summed E-state index contributed by atoms with van der Waals surface area (Å²) < 4.78 is 0. The van der Waals surface area contributed by atoms with E-state index in [4.69, 9.17) is 11.6 Å². The molecule has 1 atom stereocenters. The maximum atomic E-state index is 13.3. The second-order valence-corrected chi connectivity index (χ2v) is 13.0. The molecule has 2 aromatic heterocycles. The van der Waals surface area contributed by atoms with Crippen molar-refractivity contribution >= 4 is 64.7 Å². The summed E-state index contributed by atoms with van der Waals surface area (Å²) in [6.45, 7) is 2.79. The van der Waals surface area contributed by atoms with Crippen molar-refractivity contribution in [1.82, 2.24) is 25.5 Å². The monoisotopic (exact) mass is 762 g/mol. The molecule has 0 fully saturated rings. The largest absolute Gasteiger partial charge is 0.384 e. The van der Waals surface area contributed by atoms with Crippen LogP contribution in [0.25, 0.3) is 0 Å². The molecule has 5 N–H and O–H groups in total. The predicted molar refractivity (Wildman–Crippen MR) is 208 cm³/mol. The first kappa shape index (κ1) is 39.6. The van der Waals surface area contributed by atoms with Crippen molar-refractivity contribution in [1.29, 1.82) is 0 Å². The van der Waals surface area contributed by atoms with Gasteiger partial charge in [-0.2, -0.15) is 0 Å². The summed E-state index contributed by atoms with van der Waals surface area (Å²) in [5.74, 6) is 4.50. The number of carbonyl (C=O) groups excluding carboxylic acids is 6. The number of hydrogen-bond donors (Lipinski definition) is 5. The Kier molecular flexibility index (Phi) is 14.0. The number of benzene rings is 2. The van der Waals surface area contributed by atoms with Crippen molar-refractivity contribution in [2.24, 2.45) is 0 Å². The minimum atomic E-state index is -0.519. The van der Waals surface area contributed by atoms with E-state index in [9.17, 15) is 28.8 Å². The van der Waals surface area contributed by atoms with E-state index in [1.54, 1.807) is 67.6 Å². The second kappa shape index (κ2) is 19.5. The molecule has 282 valence electrons. The summed E-state index contributed by atoms with van der Waals surface area (Å²) in [7, 11) is 0. The summed E-state index contributed by atoms with van der Waals surface area (Å²) in [4.78, 5) is 83.0.